The van der Waals surface area contributed by atoms with Gasteiger partial charge < -0.3 is 16.4 Å². The third-order valence-electron chi connectivity index (χ3n) is 3.54. The molecular formula is C13H14F2N4O. The molecule has 4 N–H and O–H groups in total. The Hall–Kier alpha value is -1.99. The van der Waals surface area contributed by atoms with Gasteiger partial charge in [0.25, 0.3) is 5.92 Å². The van der Waals surface area contributed by atoms with E-state index >= 15 is 0 Å². The summed E-state index contributed by atoms with van der Waals surface area (Å²) in [5.41, 5.74) is 8.72. The summed E-state index contributed by atoms with van der Waals surface area (Å²) in [5.74, 6) is -3.16. The molecule has 3 rings (SSSR count). The number of anilines is 1. The molecule has 1 aromatic heterocycles. The molecule has 1 fully saturated rings. The Balaban J connectivity index is 1.79. The van der Waals surface area contributed by atoms with Crippen LogP contribution in [0, 0.1) is 11.1 Å². The van der Waals surface area contributed by atoms with Crippen LogP contribution in [0.1, 0.15) is 6.42 Å². The molecule has 1 aliphatic rings. The van der Waals surface area contributed by atoms with Crippen molar-refractivity contribution in [1.29, 1.82) is 0 Å². The normalized spacial score (nSPS) is 20.1. The number of alkyl halides is 2. The van der Waals surface area contributed by atoms with Crippen LogP contribution in [0.4, 0.5) is 20.2 Å². The van der Waals surface area contributed by atoms with Gasteiger partial charge >= 0.3 is 0 Å². The van der Waals surface area contributed by atoms with Crippen molar-refractivity contribution in [3.8, 4) is 11.1 Å². The number of hydrogen-bond donors (Lipinski definition) is 2. The molecule has 1 aromatic carbocycles. The Morgan fingerprint density at radius 2 is 2.20 bits per heavy atom. The lowest BCUT2D eigenvalue weighted by Gasteiger charge is -2.06. The highest BCUT2D eigenvalue weighted by Crippen LogP contribution is 2.49. The van der Waals surface area contributed by atoms with E-state index in [1.54, 1.807) is 30.6 Å². The van der Waals surface area contributed by atoms with Crippen LogP contribution in [0.15, 0.2) is 30.6 Å². The van der Waals surface area contributed by atoms with Crippen LogP contribution < -0.4 is 11.2 Å². The molecule has 106 valence electrons. The van der Waals surface area contributed by atoms with Gasteiger partial charge in [0.2, 0.25) is 0 Å². The molecule has 0 spiro atoms. The van der Waals surface area contributed by atoms with Gasteiger partial charge in [-0.3, -0.25) is 4.68 Å². The molecule has 2 aromatic rings. The fourth-order valence-corrected chi connectivity index (χ4v) is 2.16. The highest BCUT2D eigenvalue weighted by molar-refractivity contribution is 5.71. The Bertz CT molecular complexity index is 641. The number of nitrogen functional groups attached to an aromatic ring is 1. The van der Waals surface area contributed by atoms with Crippen LogP contribution in [0.3, 0.4) is 0 Å². The number of benzene rings is 1. The predicted molar refractivity (Wildman–Crippen MR) is 70.1 cm³/mol. The summed E-state index contributed by atoms with van der Waals surface area (Å²) in [6.07, 6.45) is 3.23. The first-order valence-electron chi connectivity index (χ1n) is 6.25. The van der Waals surface area contributed by atoms with Crippen LogP contribution in [0.25, 0.3) is 11.1 Å². The summed E-state index contributed by atoms with van der Waals surface area (Å²) in [4.78, 5) is 0. The first-order valence-corrected chi connectivity index (χ1v) is 6.25. The van der Waals surface area contributed by atoms with Crippen LogP contribution in [-0.4, -0.2) is 15.7 Å². The van der Waals surface area contributed by atoms with Crippen molar-refractivity contribution in [2.24, 2.45) is 5.92 Å². The van der Waals surface area contributed by atoms with E-state index in [2.05, 4.69) is 5.10 Å². The largest absolute Gasteiger partial charge is 0.630 e. The van der Waals surface area contributed by atoms with Crippen LogP contribution in [0.5, 0.6) is 0 Å². The Kier molecular flexibility index (Phi) is 2.95. The minimum Gasteiger partial charge on any atom is -0.630 e. The third-order valence-corrected chi connectivity index (χ3v) is 3.54. The van der Waals surface area contributed by atoms with Crippen molar-refractivity contribution in [2.45, 2.75) is 18.9 Å². The van der Waals surface area contributed by atoms with E-state index in [1.165, 1.54) is 4.68 Å². The van der Waals surface area contributed by atoms with Gasteiger partial charge in [-0.25, -0.2) is 8.78 Å². The average Bonchev–Trinajstić information content (AvgIpc) is 2.82. The highest BCUT2D eigenvalue weighted by Gasteiger charge is 2.56. The molecule has 0 radical (unpaired) electrons. The van der Waals surface area contributed by atoms with Crippen LogP contribution in [0.2, 0.25) is 0 Å². The van der Waals surface area contributed by atoms with Crippen molar-refractivity contribution in [2.75, 3.05) is 5.73 Å². The summed E-state index contributed by atoms with van der Waals surface area (Å²) >= 11 is 0. The van der Waals surface area contributed by atoms with Gasteiger partial charge in [0, 0.05) is 36.7 Å². The maximum Gasteiger partial charge on any atom is 0.253 e. The van der Waals surface area contributed by atoms with E-state index in [0.29, 0.717) is 16.9 Å². The Morgan fingerprint density at radius 1 is 1.45 bits per heavy atom. The Labute approximate surface area is 114 Å². The second-order valence-corrected chi connectivity index (χ2v) is 5.07. The quantitative estimate of drug-likeness (QED) is 0.657. The molecule has 0 bridgehead atoms. The molecular weight excluding hydrogens is 266 g/mol. The maximum atomic E-state index is 12.9. The first kappa shape index (κ1) is 13.0. The number of halogens is 2. The number of nitrogens with zero attached hydrogens (tertiary/aromatic N) is 2. The Morgan fingerprint density at radius 3 is 2.85 bits per heavy atom. The smallest absolute Gasteiger partial charge is 0.253 e. The molecule has 1 unspecified atom stereocenters. The van der Waals surface area contributed by atoms with Crippen LogP contribution >= 0.6 is 0 Å². The molecule has 7 heteroatoms. The zero-order valence-corrected chi connectivity index (χ0v) is 10.6. The van der Waals surface area contributed by atoms with E-state index in [4.69, 9.17) is 5.73 Å². The van der Waals surface area contributed by atoms with E-state index in [-0.39, 0.29) is 13.0 Å². The second-order valence-electron chi connectivity index (χ2n) is 5.07. The number of quaternary nitrogens is 1. The minimum atomic E-state index is -2.54. The molecule has 1 saturated carbocycles. The number of hydrogen-bond acceptors (Lipinski definition) is 3. The summed E-state index contributed by atoms with van der Waals surface area (Å²) < 4.78 is 27.2. The first-order chi connectivity index (χ1) is 9.49. The lowest BCUT2D eigenvalue weighted by molar-refractivity contribution is -0.496. The average molecular weight is 280 g/mol. The second kappa shape index (κ2) is 4.53. The van der Waals surface area contributed by atoms with Gasteiger partial charge in [-0.15, -0.1) is 0 Å². The summed E-state index contributed by atoms with van der Waals surface area (Å²) in [5, 5.41) is 14.9. The molecule has 0 saturated heterocycles. The van der Waals surface area contributed by atoms with E-state index < -0.39 is 11.8 Å². The summed E-state index contributed by atoms with van der Waals surface area (Å²) in [6, 6.07) is 5.08. The van der Waals surface area contributed by atoms with Gasteiger partial charge in [-0.1, -0.05) is 6.07 Å². The fourth-order valence-electron chi connectivity index (χ4n) is 2.16. The summed E-state index contributed by atoms with van der Waals surface area (Å²) in [7, 11) is 0. The zero-order valence-electron chi connectivity index (χ0n) is 10.6. The van der Waals surface area contributed by atoms with Gasteiger partial charge in [0.05, 0.1) is 11.9 Å². The summed E-state index contributed by atoms with van der Waals surface area (Å²) in [6.45, 7) is 0.211. The highest BCUT2D eigenvalue weighted by atomic mass is 19.3. The van der Waals surface area contributed by atoms with Crippen molar-refractivity contribution < 1.29 is 14.3 Å². The third kappa shape index (κ3) is 2.37. The predicted octanol–water partition coefficient (Wildman–Crippen LogP) is 1.48. The molecule has 1 heterocycles. The molecule has 0 amide bonds. The number of rotatable bonds is 4. The lowest BCUT2D eigenvalue weighted by atomic mass is 10.1. The monoisotopic (exact) mass is 280 g/mol. The van der Waals surface area contributed by atoms with Gasteiger partial charge in [-0.05, 0) is 11.6 Å². The van der Waals surface area contributed by atoms with Crippen molar-refractivity contribution in [1.82, 2.24) is 9.78 Å². The number of nitrogens with two attached hydrogens (primary N) is 2. The fraction of sp³-hybridized carbons (Fsp3) is 0.308. The van der Waals surface area contributed by atoms with Gasteiger partial charge in [0.15, 0.2) is 5.69 Å². The number of aromatic nitrogens is 2. The van der Waals surface area contributed by atoms with Crippen LogP contribution in [-0.2, 0) is 6.54 Å². The SMILES string of the molecule is Nc1ccc(-c2cnn(CC3CC3(F)F)c2)cc1[NH2+][O-]. The lowest BCUT2D eigenvalue weighted by Crippen LogP contribution is -2.70. The van der Waals surface area contributed by atoms with E-state index in [9.17, 15) is 14.0 Å². The van der Waals surface area contributed by atoms with Crippen molar-refractivity contribution in [3.63, 3.8) is 0 Å². The van der Waals surface area contributed by atoms with E-state index in [1.807, 2.05) is 0 Å². The topological polar surface area (TPSA) is 83.5 Å². The molecule has 1 aliphatic carbocycles. The van der Waals surface area contributed by atoms with Crippen molar-refractivity contribution >= 4 is 11.4 Å². The maximum absolute atomic E-state index is 12.9. The van der Waals surface area contributed by atoms with Gasteiger partial charge in [0.1, 0.15) is 0 Å². The van der Waals surface area contributed by atoms with Gasteiger partial charge in [-0.2, -0.15) is 5.10 Å². The molecule has 20 heavy (non-hydrogen) atoms. The molecule has 0 aliphatic heterocycles. The van der Waals surface area contributed by atoms with E-state index in [0.717, 1.165) is 11.1 Å². The minimum absolute atomic E-state index is 0.0701. The standard InChI is InChI=1S/C13H14F2N4O/c14-13(15)4-10(13)7-19-6-9(5-17-19)8-1-2-11(16)12(3-8)18-20/h1-3,5-6,10H,4,7,16,18H2. The molecule has 1 atom stereocenters. The molecule has 5 nitrogen and oxygen atoms in total. The zero-order chi connectivity index (χ0) is 14.3. The van der Waals surface area contributed by atoms with Crippen molar-refractivity contribution in [3.05, 3.63) is 35.8 Å².